The molecule has 8 heteroatoms. The molecule has 0 radical (unpaired) electrons. The molecule has 1 unspecified atom stereocenters. The number of amides is 4. The van der Waals surface area contributed by atoms with Crippen molar-refractivity contribution < 1.29 is 18.8 Å². The summed E-state index contributed by atoms with van der Waals surface area (Å²) >= 11 is 0. The van der Waals surface area contributed by atoms with Gasteiger partial charge in [-0.2, -0.15) is 0 Å². The van der Waals surface area contributed by atoms with Crippen molar-refractivity contribution >= 4 is 23.5 Å². The summed E-state index contributed by atoms with van der Waals surface area (Å²) in [6.07, 6.45) is 1.42. The van der Waals surface area contributed by atoms with E-state index in [4.69, 9.17) is 4.42 Å². The maximum Gasteiger partial charge on any atom is 0.315 e. The van der Waals surface area contributed by atoms with Crippen molar-refractivity contribution in [1.29, 1.82) is 0 Å². The Morgan fingerprint density at radius 2 is 1.85 bits per heavy atom. The van der Waals surface area contributed by atoms with Crippen LogP contribution in [0.1, 0.15) is 36.0 Å². The number of rotatable bonds is 7. The summed E-state index contributed by atoms with van der Waals surface area (Å²) in [6, 6.07) is 9.83. The maximum absolute atomic E-state index is 11.9. The minimum atomic E-state index is -0.352. The van der Waals surface area contributed by atoms with Gasteiger partial charge in [0.1, 0.15) is 0 Å². The highest BCUT2D eigenvalue weighted by atomic mass is 16.3. The Morgan fingerprint density at radius 1 is 1.08 bits per heavy atom. The Kier molecular flexibility index (Phi) is 6.78. The van der Waals surface area contributed by atoms with Crippen LogP contribution in [0.3, 0.4) is 0 Å². The predicted octanol–water partition coefficient (Wildman–Crippen LogP) is 2.03. The van der Waals surface area contributed by atoms with Crippen LogP contribution in [0, 0.1) is 0 Å². The molecule has 0 spiro atoms. The first-order valence-corrected chi connectivity index (χ1v) is 8.19. The van der Waals surface area contributed by atoms with Crippen molar-refractivity contribution in [3.63, 3.8) is 0 Å². The Morgan fingerprint density at radius 3 is 2.54 bits per heavy atom. The summed E-state index contributed by atoms with van der Waals surface area (Å²) in [5, 5.41) is 10.8. The summed E-state index contributed by atoms with van der Waals surface area (Å²) in [7, 11) is 0. The molecular formula is C18H22N4O4. The molecule has 4 amide bonds. The molecule has 26 heavy (non-hydrogen) atoms. The van der Waals surface area contributed by atoms with Crippen molar-refractivity contribution in [2.75, 3.05) is 18.4 Å². The van der Waals surface area contributed by atoms with Crippen LogP contribution in [-0.2, 0) is 4.79 Å². The first-order valence-electron chi connectivity index (χ1n) is 8.19. The van der Waals surface area contributed by atoms with E-state index in [0.717, 1.165) is 5.56 Å². The molecule has 2 rings (SSSR count). The van der Waals surface area contributed by atoms with Crippen LogP contribution >= 0.6 is 0 Å². The fourth-order valence-corrected chi connectivity index (χ4v) is 2.27. The maximum atomic E-state index is 11.9. The fraction of sp³-hybridized carbons (Fsp3) is 0.278. The molecule has 1 heterocycles. The highest BCUT2D eigenvalue weighted by molar-refractivity contribution is 5.91. The minimum absolute atomic E-state index is 0.155. The molecule has 8 nitrogen and oxygen atoms in total. The van der Waals surface area contributed by atoms with Gasteiger partial charge in [-0.15, -0.1) is 0 Å². The number of furan rings is 1. The zero-order valence-corrected chi connectivity index (χ0v) is 14.7. The number of hydrogen-bond acceptors (Lipinski definition) is 4. The number of urea groups is 1. The van der Waals surface area contributed by atoms with Gasteiger partial charge in [0.25, 0.3) is 5.91 Å². The topological polar surface area (TPSA) is 112 Å². The fourth-order valence-electron chi connectivity index (χ4n) is 2.27. The molecule has 0 aliphatic rings. The van der Waals surface area contributed by atoms with Gasteiger partial charge in [-0.05, 0) is 36.8 Å². The van der Waals surface area contributed by atoms with Gasteiger partial charge in [0.15, 0.2) is 5.76 Å². The van der Waals surface area contributed by atoms with Gasteiger partial charge in [-0.25, -0.2) is 4.79 Å². The smallest absolute Gasteiger partial charge is 0.315 e. The third-order valence-electron chi connectivity index (χ3n) is 3.50. The summed E-state index contributed by atoms with van der Waals surface area (Å²) in [5.41, 5.74) is 1.53. The van der Waals surface area contributed by atoms with Crippen molar-refractivity contribution in [3.05, 3.63) is 54.0 Å². The third-order valence-corrected chi connectivity index (χ3v) is 3.50. The molecule has 0 bridgehead atoms. The van der Waals surface area contributed by atoms with E-state index in [1.807, 2.05) is 13.0 Å². The van der Waals surface area contributed by atoms with Crippen LogP contribution in [0.2, 0.25) is 0 Å². The Labute approximate surface area is 151 Å². The lowest BCUT2D eigenvalue weighted by atomic mass is 10.1. The van der Waals surface area contributed by atoms with E-state index in [2.05, 4.69) is 21.3 Å². The first-order chi connectivity index (χ1) is 12.5. The number of anilines is 1. The van der Waals surface area contributed by atoms with Crippen LogP contribution in [0.5, 0.6) is 0 Å². The Bertz CT molecular complexity index is 758. The van der Waals surface area contributed by atoms with E-state index in [9.17, 15) is 14.4 Å². The van der Waals surface area contributed by atoms with E-state index >= 15 is 0 Å². The standard InChI is InChI=1S/C18H22N4O4/c1-12(14-5-3-6-15(11-14)22-13(2)23)21-18(25)20-9-8-19-17(24)16-7-4-10-26-16/h3-7,10-12H,8-9H2,1-2H3,(H,19,24)(H,22,23)(H2,20,21,25). The molecule has 0 aliphatic carbocycles. The minimum Gasteiger partial charge on any atom is -0.459 e. The molecule has 1 aromatic carbocycles. The zero-order valence-electron chi connectivity index (χ0n) is 14.7. The normalized spacial score (nSPS) is 11.3. The number of carbonyl (C=O) groups excluding carboxylic acids is 3. The average Bonchev–Trinajstić information content (AvgIpc) is 3.13. The van der Waals surface area contributed by atoms with Gasteiger partial charge < -0.3 is 25.7 Å². The lowest BCUT2D eigenvalue weighted by Gasteiger charge is -2.16. The summed E-state index contributed by atoms with van der Waals surface area (Å²) in [6.45, 7) is 3.83. The van der Waals surface area contributed by atoms with Crippen LogP contribution < -0.4 is 21.3 Å². The van der Waals surface area contributed by atoms with Gasteiger partial charge in [0, 0.05) is 25.7 Å². The molecule has 4 N–H and O–H groups in total. The Hall–Kier alpha value is -3.29. The highest BCUT2D eigenvalue weighted by Crippen LogP contribution is 2.17. The summed E-state index contributed by atoms with van der Waals surface area (Å²) < 4.78 is 4.97. The summed E-state index contributed by atoms with van der Waals surface area (Å²) in [5.74, 6) is -0.264. The first kappa shape index (κ1) is 19.0. The lowest BCUT2D eigenvalue weighted by Crippen LogP contribution is -2.41. The van der Waals surface area contributed by atoms with Crippen LogP contribution in [0.25, 0.3) is 0 Å². The molecule has 0 aliphatic heterocycles. The van der Waals surface area contributed by atoms with Gasteiger partial charge >= 0.3 is 6.03 Å². The van der Waals surface area contributed by atoms with Gasteiger partial charge in [0.2, 0.25) is 5.91 Å². The predicted molar refractivity (Wildman–Crippen MR) is 96.7 cm³/mol. The Balaban J connectivity index is 1.73. The van der Waals surface area contributed by atoms with E-state index in [-0.39, 0.29) is 42.7 Å². The average molecular weight is 358 g/mol. The zero-order chi connectivity index (χ0) is 18.9. The number of carbonyl (C=O) groups is 3. The molecule has 1 aromatic heterocycles. The molecule has 0 fully saturated rings. The quantitative estimate of drug-likeness (QED) is 0.567. The molecule has 138 valence electrons. The molecule has 2 aromatic rings. The van der Waals surface area contributed by atoms with Gasteiger partial charge in [-0.3, -0.25) is 9.59 Å². The van der Waals surface area contributed by atoms with Gasteiger partial charge in [-0.1, -0.05) is 12.1 Å². The number of nitrogens with one attached hydrogen (secondary N) is 4. The number of benzene rings is 1. The molecule has 0 saturated carbocycles. The second-order valence-electron chi connectivity index (χ2n) is 5.66. The third kappa shape index (κ3) is 5.97. The van der Waals surface area contributed by atoms with Crippen LogP contribution in [0.15, 0.2) is 47.1 Å². The second-order valence-corrected chi connectivity index (χ2v) is 5.66. The number of hydrogen-bond donors (Lipinski definition) is 4. The highest BCUT2D eigenvalue weighted by Gasteiger charge is 2.11. The van der Waals surface area contributed by atoms with E-state index in [1.165, 1.54) is 13.2 Å². The van der Waals surface area contributed by atoms with E-state index < -0.39 is 0 Å². The SMILES string of the molecule is CC(=O)Nc1cccc(C(C)NC(=O)NCCNC(=O)c2ccco2)c1. The van der Waals surface area contributed by atoms with Crippen LogP contribution in [-0.4, -0.2) is 30.9 Å². The monoisotopic (exact) mass is 358 g/mol. The van der Waals surface area contributed by atoms with E-state index in [1.54, 1.807) is 30.3 Å². The van der Waals surface area contributed by atoms with Crippen molar-refractivity contribution in [1.82, 2.24) is 16.0 Å². The molecular weight excluding hydrogens is 336 g/mol. The summed E-state index contributed by atoms with van der Waals surface area (Å²) in [4.78, 5) is 34.7. The van der Waals surface area contributed by atoms with Crippen LogP contribution in [0.4, 0.5) is 10.5 Å². The van der Waals surface area contributed by atoms with Gasteiger partial charge in [0.05, 0.1) is 12.3 Å². The molecule has 1 atom stereocenters. The van der Waals surface area contributed by atoms with Crippen molar-refractivity contribution in [2.24, 2.45) is 0 Å². The molecule has 0 saturated heterocycles. The second kappa shape index (κ2) is 9.26. The van der Waals surface area contributed by atoms with Crippen molar-refractivity contribution in [2.45, 2.75) is 19.9 Å². The van der Waals surface area contributed by atoms with E-state index in [0.29, 0.717) is 5.69 Å². The lowest BCUT2D eigenvalue weighted by molar-refractivity contribution is -0.114. The van der Waals surface area contributed by atoms with Crippen molar-refractivity contribution in [3.8, 4) is 0 Å². The largest absolute Gasteiger partial charge is 0.459 e.